The van der Waals surface area contributed by atoms with Gasteiger partial charge in [0.25, 0.3) is 11.9 Å². The van der Waals surface area contributed by atoms with E-state index >= 15 is 0 Å². The van der Waals surface area contributed by atoms with Crippen molar-refractivity contribution in [1.29, 1.82) is 0 Å². The van der Waals surface area contributed by atoms with Gasteiger partial charge in [0.15, 0.2) is 6.10 Å². The molecule has 3 rings (SSSR count). The molecular weight excluding hydrogens is 429 g/mol. The van der Waals surface area contributed by atoms with E-state index in [0.29, 0.717) is 0 Å². The van der Waals surface area contributed by atoms with E-state index in [4.69, 9.17) is 5.73 Å². The van der Waals surface area contributed by atoms with Crippen LogP contribution in [0.5, 0.6) is 5.88 Å². The first-order valence-electron chi connectivity index (χ1n) is 8.73. The van der Waals surface area contributed by atoms with Crippen LogP contribution in [0.1, 0.15) is 29.4 Å². The number of nitrogens with zero attached hydrogens (tertiary/aromatic N) is 3. The predicted molar refractivity (Wildman–Crippen MR) is 97.5 cm³/mol. The van der Waals surface area contributed by atoms with E-state index in [9.17, 15) is 26.7 Å². The highest BCUT2D eigenvalue weighted by Gasteiger charge is 2.50. The Morgan fingerprint density at radius 3 is 2.71 bits per heavy atom. The predicted octanol–water partition coefficient (Wildman–Crippen LogP) is 3.05. The maximum Gasteiger partial charge on any atom is 0.425 e. The summed E-state index contributed by atoms with van der Waals surface area (Å²) in [7, 11) is 0. The van der Waals surface area contributed by atoms with Crippen LogP contribution in [-0.4, -0.2) is 41.0 Å². The third-order valence-electron chi connectivity index (χ3n) is 4.44. The second-order valence-corrected chi connectivity index (χ2v) is 6.72. The molecule has 31 heavy (non-hydrogen) atoms. The number of carbonyl (C=O) groups excluding carboxylic acids is 1. The summed E-state index contributed by atoms with van der Waals surface area (Å²) in [4.78, 5) is 23.7. The van der Waals surface area contributed by atoms with Crippen LogP contribution in [0.25, 0.3) is 0 Å². The van der Waals surface area contributed by atoms with Crippen molar-refractivity contribution in [1.82, 2.24) is 9.97 Å². The molecule has 8 nitrogen and oxygen atoms in total. The molecule has 1 amide bonds. The maximum absolute atomic E-state index is 14.5. The lowest BCUT2D eigenvalue weighted by atomic mass is 9.85. The Balaban J connectivity index is 1.86. The second kappa shape index (κ2) is 8.32. The van der Waals surface area contributed by atoms with Crippen molar-refractivity contribution in [2.45, 2.75) is 31.2 Å². The number of amidine groups is 1. The van der Waals surface area contributed by atoms with Gasteiger partial charge in [-0.1, -0.05) is 0 Å². The molecule has 1 aromatic carbocycles. The zero-order valence-corrected chi connectivity index (χ0v) is 15.9. The molecule has 3 N–H and O–H groups in total. The van der Waals surface area contributed by atoms with Gasteiger partial charge in [-0.15, -0.1) is 0 Å². The van der Waals surface area contributed by atoms with Crippen molar-refractivity contribution in [2.75, 3.05) is 12.2 Å². The van der Waals surface area contributed by atoms with Crippen LogP contribution in [0.4, 0.5) is 27.6 Å². The normalized spacial score (nSPS) is 21.1. The summed E-state index contributed by atoms with van der Waals surface area (Å²) in [6.07, 6.45) is -5.66. The SMILES string of the molecule is C[C@@]1(c2cc(NC(=O)c3cnc(OCF)cn3)ccc2F)C[C@@H](C(F)(F)F)OC(N)=N1. The minimum Gasteiger partial charge on any atom is -0.452 e. The quantitative estimate of drug-likeness (QED) is 0.685. The molecule has 2 atom stereocenters. The zero-order valence-electron chi connectivity index (χ0n) is 15.9. The summed E-state index contributed by atoms with van der Waals surface area (Å²) in [6, 6.07) is 2.61. The number of anilines is 1. The van der Waals surface area contributed by atoms with Crippen molar-refractivity contribution in [2.24, 2.45) is 10.7 Å². The molecule has 0 saturated carbocycles. The van der Waals surface area contributed by atoms with Gasteiger partial charge in [-0.2, -0.15) is 13.2 Å². The number of hydrogen-bond acceptors (Lipinski definition) is 7. The molecule has 0 unspecified atom stereocenters. The van der Waals surface area contributed by atoms with E-state index < -0.39 is 48.8 Å². The minimum atomic E-state index is -4.74. The van der Waals surface area contributed by atoms with Gasteiger partial charge in [-0.05, 0) is 25.1 Å². The van der Waals surface area contributed by atoms with Gasteiger partial charge in [0, 0.05) is 17.7 Å². The van der Waals surface area contributed by atoms with E-state index in [1.165, 1.54) is 13.0 Å². The molecule has 0 bridgehead atoms. The molecule has 2 aromatic rings. The summed E-state index contributed by atoms with van der Waals surface area (Å²) >= 11 is 0. The van der Waals surface area contributed by atoms with Gasteiger partial charge in [-0.3, -0.25) is 4.79 Å². The molecule has 13 heteroatoms. The topological polar surface area (TPSA) is 112 Å². The standard InChI is InChI=1S/C18H16F5N5O3/c1-17(5-13(18(21,22)23)31-16(24)28-17)10-4-9(2-3-11(10)20)27-15(29)12-6-26-14(7-25-12)30-8-19/h2-4,6-7,13H,5,8H2,1H3,(H2,24,28)(H,27,29)/t13-,17-/m0/s1. The summed E-state index contributed by atoms with van der Waals surface area (Å²) in [6.45, 7) is 0.158. The number of nitrogens with one attached hydrogen (secondary N) is 1. The maximum atomic E-state index is 14.5. The average molecular weight is 445 g/mol. The van der Waals surface area contributed by atoms with Crippen molar-refractivity contribution < 1.29 is 36.2 Å². The Kier molecular flexibility index (Phi) is 5.95. The highest BCUT2D eigenvalue weighted by molar-refractivity contribution is 6.02. The molecule has 0 radical (unpaired) electrons. The molecule has 166 valence electrons. The van der Waals surface area contributed by atoms with Crippen molar-refractivity contribution >= 4 is 17.6 Å². The summed E-state index contributed by atoms with van der Waals surface area (Å²) < 4.78 is 75.1. The molecule has 1 aromatic heterocycles. The lowest BCUT2D eigenvalue weighted by molar-refractivity contribution is -0.208. The van der Waals surface area contributed by atoms with Crippen LogP contribution < -0.4 is 15.8 Å². The fourth-order valence-corrected chi connectivity index (χ4v) is 2.99. The first-order valence-corrected chi connectivity index (χ1v) is 8.73. The Bertz CT molecular complexity index is 999. The highest BCUT2D eigenvalue weighted by Crippen LogP contribution is 2.41. The van der Waals surface area contributed by atoms with Gasteiger partial charge < -0.3 is 20.5 Å². The zero-order chi connectivity index (χ0) is 22.8. The molecule has 0 saturated heterocycles. The molecule has 0 fully saturated rings. The molecular formula is C18H16F5N5O3. The van der Waals surface area contributed by atoms with Crippen LogP contribution in [0, 0.1) is 5.82 Å². The largest absolute Gasteiger partial charge is 0.452 e. The smallest absolute Gasteiger partial charge is 0.425 e. The van der Waals surface area contributed by atoms with Crippen LogP contribution in [0.3, 0.4) is 0 Å². The van der Waals surface area contributed by atoms with Crippen LogP contribution >= 0.6 is 0 Å². The van der Waals surface area contributed by atoms with E-state index in [2.05, 4.69) is 29.8 Å². The summed E-state index contributed by atoms with van der Waals surface area (Å²) in [5, 5.41) is 2.43. The number of ether oxygens (including phenoxy) is 2. The summed E-state index contributed by atoms with van der Waals surface area (Å²) in [5.41, 5.74) is 3.39. The van der Waals surface area contributed by atoms with Gasteiger partial charge in [0.1, 0.15) is 11.5 Å². The van der Waals surface area contributed by atoms with E-state index in [0.717, 1.165) is 24.5 Å². The molecule has 1 aliphatic heterocycles. The monoisotopic (exact) mass is 445 g/mol. The average Bonchev–Trinajstić information content (AvgIpc) is 2.69. The van der Waals surface area contributed by atoms with E-state index in [1.807, 2.05) is 0 Å². The van der Waals surface area contributed by atoms with Gasteiger partial charge in [-0.25, -0.2) is 23.7 Å². The minimum absolute atomic E-state index is 0.0670. The first kappa shape index (κ1) is 22.2. The van der Waals surface area contributed by atoms with Crippen LogP contribution in [0.2, 0.25) is 0 Å². The summed E-state index contributed by atoms with van der Waals surface area (Å²) in [5.74, 6) is -1.72. The number of aliphatic imine (C=N–C) groups is 1. The van der Waals surface area contributed by atoms with Gasteiger partial charge >= 0.3 is 6.18 Å². The number of rotatable bonds is 5. The lowest BCUT2D eigenvalue weighted by Crippen LogP contribution is -2.46. The third-order valence-corrected chi connectivity index (χ3v) is 4.44. The van der Waals surface area contributed by atoms with Crippen molar-refractivity contribution in [3.8, 4) is 5.88 Å². The van der Waals surface area contributed by atoms with E-state index in [1.54, 1.807) is 0 Å². The third kappa shape index (κ3) is 4.98. The Morgan fingerprint density at radius 1 is 1.35 bits per heavy atom. The number of carbonyl (C=O) groups is 1. The molecule has 0 spiro atoms. The van der Waals surface area contributed by atoms with Crippen LogP contribution in [-0.2, 0) is 10.3 Å². The number of amides is 1. The number of nitrogens with two attached hydrogens (primary N) is 1. The fraction of sp³-hybridized carbons (Fsp3) is 0.333. The molecule has 0 aliphatic carbocycles. The number of aromatic nitrogens is 2. The highest BCUT2D eigenvalue weighted by atomic mass is 19.4. The Morgan fingerprint density at radius 2 is 2.10 bits per heavy atom. The second-order valence-electron chi connectivity index (χ2n) is 6.72. The first-order chi connectivity index (χ1) is 14.5. The number of hydrogen-bond donors (Lipinski definition) is 2. The van der Waals surface area contributed by atoms with Crippen LogP contribution in [0.15, 0.2) is 35.6 Å². The van der Waals surface area contributed by atoms with Gasteiger partial charge in [0.05, 0.1) is 17.9 Å². The lowest BCUT2D eigenvalue weighted by Gasteiger charge is -2.36. The van der Waals surface area contributed by atoms with Crippen molar-refractivity contribution in [3.05, 3.63) is 47.7 Å². The Labute approximate surface area is 172 Å². The molecule has 2 heterocycles. The van der Waals surface area contributed by atoms with Crippen molar-refractivity contribution in [3.63, 3.8) is 0 Å². The fourth-order valence-electron chi connectivity index (χ4n) is 2.99. The van der Waals surface area contributed by atoms with Gasteiger partial charge in [0.2, 0.25) is 12.7 Å². The Hall–Kier alpha value is -3.51. The molecule has 1 aliphatic rings. The number of benzene rings is 1. The number of halogens is 5. The van der Waals surface area contributed by atoms with E-state index in [-0.39, 0.29) is 22.8 Å². The number of alkyl halides is 4.